The second kappa shape index (κ2) is 7.29. The van der Waals surface area contributed by atoms with Gasteiger partial charge in [0.05, 0.1) is 12.3 Å². The van der Waals surface area contributed by atoms with E-state index in [9.17, 15) is 14.7 Å². The zero-order valence-electron chi connectivity index (χ0n) is 14.9. The van der Waals surface area contributed by atoms with E-state index in [-0.39, 0.29) is 24.8 Å². The second-order valence-corrected chi connectivity index (χ2v) is 6.65. The fourth-order valence-corrected chi connectivity index (χ4v) is 3.38. The number of likely N-dealkylation sites (tertiary alicyclic amines) is 1. The molecule has 1 aliphatic heterocycles. The van der Waals surface area contributed by atoms with Gasteiger partial charge in [0.1, 0.15) is 5.41 Å². The molecule has 2 aromatic rings. The van der Waals surface area contributed by atoms with Crippen molar-refractivity contribution >= 4 is 11.9 Å². The van der Waals surface area contributed by atoms with Gasteiger partial charge in [-0.05, 0) is 31.9 Å². The smallest absolute Gasteiger partial charge is 0.313 e. The highest BCUT2D eigenvalue weighted by atomic mass is 16.5. The molecule has 0 aliphatic carbocycles. The number of rotatable bonds is 5. The molecule has 1 fully saturated rings. The van der Waals surface area contributed by atoms with Crippen LogP contribution in [0.4, 0.5) is 0 Å². The number of piperidine rings is 1. The number of oxazole rings is 1. The topological polar surface area (TPSA) is 92.9 Å². The van der Waals surface area contributed by atoms with Crippen LogP contribution in [0.2, 0.25) is 0 Å². The van der Waals surface area contributed by atoms with Crippen molar-refractivity contribution < 1.29 is 23.8 Å². The molecule has 1 aromatic carbocycles. The van der Waals surface area contributed by atoms with Crippen LogP contribution < -0.4 is 0 Å². The zero-order valence-corrected chi connectivity index (χ0v) is 14.9. The van der Waals surface area contributed by atoms with Gasteiger partial charge in [0.25, 0.3) is 5.91 Å². The number of ether oxygens (including phenoxy) is 1. The molecule has 1 saturated heterocycles. The van der Waals surface area contributed by atoms with Crippen molar-refractivity contribution in [1.82, 2.24) is 9.88 Å². The molecule has 7 heteroatoms. The van der Waals surface area contributed by atoms with Gasteiger partial charge in [-0.3, -0.25) is 9.59 Å². The lowest BCUT2D eigenvalue weighted by molar-refractivity contribution is -0.155. The number of aliphatic carboxylic acids is 1. The summed E-state index contributed by atoms with van der Waals surface area (Å²) >= 11 is 0. The second-order valence-electron chi connectivity index (χ2n) is 6.65. The Labute approximate surface area is 151 Å². The lowest BCUT2D eigenvalue weighted by Crippen LogP contribution is -2.52. The number of amides is 1. The minimum Gasteiger partial charge on any atom is -0.481 e. The molecule has 1 N–H and O–H groups in total. The van der Waals surface area contributed by atoms with E-state index in [0.29, 0.717) is 31.0 Å². The maximum absolute atomic E-state index is 12.9. The highest BCUT2D eigenvalue weighted by Crippen LogP contribution is 2.32. The Morgan fingerprint density at radius 1 is 1.35 bits per heavy atom. The molecule has 0 radical (unpaired) electrons. The monoisotopic (exact) mass is 358 g/mol. The molecule has 1 unspecified atom stereocenters. The van der Waals surface area contributed by atoms with Crippen molar-refractivity contribution in [3.63, 3.8) is 0 Å². The number of carboxylic acid groups (broad SMARTS) is 1. The number of carbonyl (C=O) groups is 2. The fourth-order valence-electron chi connectivity index (χ4n) is 3.38. The molecule has 3 rings (SSSR count). The maximum Gasteiger partial charge on any atom is 0.313 e. The molecular weight excluding hydrogens is 336 g/mol. The van der Waals surface area contributed by atoms with Crippen LogP contribution in [0, 0.1) is 12.3 Å². The van der Waals surface area contributed by atoms with Crippen molar-refractivity contribution in [2.75, 3.05) is 26.8 Å². The van der Waals surface area contributed by atoms with E-state index in [1.54, 1.807) is 6.92 Å². The van der Waals surface area contributed by atoms with E-state index in [1.165, 1.54) is 12.0 Å². The number of aromatic nitrogens is 1. The van der Waals surface area contributed by atoms with E-state index in [2.05, 4.69) is 4.98 Å². The summed E-state index contributed by atoms with van der Waals surface area (Å²) in [6.07, 6.45) is 1.07. The number of carbonyl (C=O) groups excluding carboxylic acids is 1. The van der Waals surface area contributed by atoms with Crippen molar-refractivity contribution in [2.45, 2.75) is 19.8 Å². The Bertz CT molecular complexity index is 798. The summed E-state index contributed by atoms with van der Waals surface area (Å²) < 4.78 is 10.8. The number of hydrogen-bond acceptors (Lipinski definition) is 5. The first-order chi connectivity index (χ1) is 12.5. The molecule has 0 saturated carbocycles. The van der Waals surface area contributed by atoms with Crippen molar-refractivity contribution in [3.8, 4) is 11.5 Å². The summed E-state index contributed by atoms with van der Waals surface area (Å²) in [7, 11) is 1.47. The molecule has 1 aromatic heterocycles. The van der Waals surface area contributed by atoms with Crippen LogP contribution in [0.5, 0.6) is 0 Å². The number of aryl methyl sites for hydroxylation is 1. The normalized spacial score (nSPS) is 20.2. The van der Waals surface area contributed by atoms with Gasteiger partial charge in [-0.15, -0.1) is 0 Å². The van der Waals surface area contributed by atoms with Gasteiger partial charge in [-0.25, -0.2) is 4.98 Å². The SMILES string of the molecule is COCC1(C(=O)O)CCCN(C(=O)c2oc(-c3ccccc3)nc2C)C1. The van der Waals surface area contributed by atoms with Crippen LogP contribution in [0.25, 0.3) is 11.5 Å². The minimum absolute atomic E-state index is 0.0662. The first-order valence-electron chi connectivity index (χ1n) is 8.51. The Balaban J connectivity index is 1.85. The highest BCUT2D eigenvalue weighted by molar-refractivity contribution is 5.93. The Morgan fingerprint density at radius 2 is 2.08 bits per heavy atom. The van der Waals surface area contributed by atoms with E-state index >= 15 is 0 Å². The van der Waals surface area contributed by atoms with Gasteiger partial charge < -0.3 is 19.2 Å². The van der Waals surface area contributed by atoms with Gasteiger partial charge in [-0.2, -0.15) is 0 Å². The minimum atomic E-state index is -1.08. The molecule has 0 bridgehead atoms. The van der Waals surface area contributed by atoms with Crippen molar-refractivity contribution in [2.24, 2.45) is 5.41 Å². The summed E-state index contributed by atoms with van der Waals surface area (Å²) in [6.45, 7) is 2.36. The Morgan fingerprint density at radius 3 is 2.73 bits per heavy atom. The zero-order chi connectivity index (χ0) is 18.7. The summed E-state index contributed by atoms with van der Waals surface area (Å²) in [5.41, 5.74) is 0.193. The van der Waals surface area contributed by atoms with Crippen LogP contribution in [0.3, 0.4) is 0 Å². The van der Waals surface area contributed by atoms with Crippen LogP contribution in [0.15, 0.2) is 34.7 Å². The van der Waals surface area contributed by atoms with E-state index in [4.69, 9.17) is 9.15 Å². The first-order valence-corrected chi connectivity index (χ1v) is 8.51. The van der Waals surface area contributed by atoms with Crippen LogP contribution in [-0.2, 0) is 9.53 Å². The van der Waals surface area contributed by atoms with Gasteiger partial charge in [0, 0.05) is 25.8 Å². The summed E-state index contributed by atoms with van der Waals surface area (Å²) in [5, 5.41) is 9.64. The average Bonchev–Trinajstić information content (AvgIpc) is 3.04. The predicted molar refractivity (Wildman–Crippen MR) is 93.8 cm³/mol. The van der Waals surface area contributed by atoms with E-state index < -0.39 is 11.4 Å². The first kappa shape index (κ1) is 18.1. The average molecular weight is 358 g/mol. The van der Waals surface area contributed by atoms with Crippen LogP contribution in [0.1, 0.15) is 29.1 Å². The number of hydrogen-bond donors (Lipinski definition) is 1. The Kier molecular flexibility index (Phi) is 5.08. The third-order valence-corrected chi connectivity index (χ3v) is 4.75. The highest BCUT2D eigenvalue weighted by Gasteiger charge is 2.44. The van der Waals surface area contributed by atoms with Crippen LogP contribution in [-0.4, -0.2) is 53.7 Å². The number of benzene rings is 1. The third-order valence-electron chi connectivity index (χ3n) is 4.75. The largest absolute Gasteiger partial charge is 0.481 e. The molecule has 26 heavy (non-hydrogen) atoms. The molecule has 1 atom stereocenters. The molecular formula is C19H22N2O5. The molecule has 7 nitrogen and oxygen atoms in total. The lowest BCUT2D eigenvalue weighted by Gasteiger charge is -2.39. The standard InChI is InChI=1S/C19H22N2O5/c1-13-15(26-16(20-13)14-7-4-3-5-8-14)17(22)21-10-6-9-19(11-21,12-25-2)18(23)24/h3-5,7-8H,6,9-12H2,1-2H3,(H,23,24). The summed E-state index contributed by atoms with van der Waals surface area (Å²) in [6, 6.07) is 9.34. The Hall–Kier alpha value is -2.67. The lowest BCUT2D eigenvalue weighted by atomic mass is 9.80. The van der Waals surface area contributed by atoms with E-state index in [1.807, 2.05) is 30.3 Å². The van der Waals surface area contributed by atoms with Crippen molar-refractivity contribution in [3.05, 3.63) is 41.8 Å². The number of methoxy groups -OCH3 is 1. The molecule has 1 aliphatic rings. The van der Waals surface area contributed by atoms with Gasteiger partial charge in [0.2, 0.25) is 11.7 Å². The molecule has 0 spiro atoms. The number of nitrogens with zero attached hydrogens (tertiary/aromatic N) is 2. The molecule has 138 valence electrons. The quantitative estimate of drug-likeness (QED) is 0.883. The van der Waals surface area contributed by atoms with Crippen LogP contribution >= 0.6 is 0 Å². The third kappa shape index (κ3) is 3.35. The number of carboxylic acids is 1. The van der Waals surface area contributed by atoms with Gasteiger partial charge in [0.15, 0.2) is 0 Å². The predicted octanol–water partition coefficient (Wildman–Crippen LogP) is 2.60. The van der Waals surface area contributed by atoms with Crippen molar-refractivity contribution in [1.29, 1.82) is 0 Å². The summed E-state index contributed by atoms with van der Waals surface area (Å²) in [4.78, 5) is 30.6. The van der Waals surface area contributed by atoms with E-state index in [0.717, 1.165) is 5.56 Å². The summed E-state index contributed by atoms with van der Waals surface area (Å²) in [5.74, 6) is -0.748. The van der Waals surface area contributed by atoms with Gasteiger partial charge in [-0.1, -0.05) is 18.2 Å². The van der Waals surface area contributed by atoms with Gasteiger partial charge >= 0.3 is 5.97 Å². The molecule has 2 heterocycles. The molecule has 1 amide bonds. The fraction of sp³-hybridized carbons (Fsp3) is 0.421. The maximum atomic E-state index is 12.9.